The van der Waals surface area contributed by atoms with E-state index in [4.69, 9.17) is 14.2 Å². The van der Waals surface area contributed by atoms with Gasteiger partial charge in [0.25, 0.3) is 5.91 Å². The summed E-state index contributed by atoms with van der Waals surface area (Å²) in [5.74, 6) is 1.95. The number of anilines is 2. The van der Waals surface area contributed by atoms with Gasteiger partial charge in [0.15, 0.2) is 11.5 Å². The highest BCUT2D eigenvalue weighted by molar-refractivity contribution is 5.92. The molecule has 0 aliphatic rings. The largest absolute Gasteiger partial charge is 0.508 e. The lowest BCUT2D eigenvalue weighted by molar-refractivity contribution is 0.0949. The van der Waals surface area contributed by atoms with Gasteiger partial charge in [-0.1, -0.05) is 18.2 Å². The van der Waals surface area contributed by atoms with Crippen molar-refractivity contribution in [3.63, 3.8) is 0 Å². The number of carbonyl (C=O) groups is 1. The number of nitrogens with zero attached hydrogens (tertiary/aromatic N) is 1. The Morgan fingerprint density at radius 1 is 0.968 bits per heavy atom. The minimum Gasteiger partial charge on any atom is -0.508 e. The van der Waals surface area contributed by atoms with Crippen molar-refractivity contribution in [1.29, 1.82) is 0 Å². The monoisotopic (exact) mass is 423 g/mol. The van der Waals surface area contributed by atoms with Crippen LogP contribution in [0, 0.1) is 0 Å². The maximum absolute atomic E-state index is 12.5. The third-order valence-electron chi connectivity index (χ3n) is 4.55. The van der Waals surface area contributed by atoms with E-state index in [9.17, 15) is 9.90 Å². The van der Waals surface area contributed by atoms with Crippen molar-refractivity contribution in [2.75, 3.05) is 33.2 Å². The van der Waals surface area contributed by atoms with Gasteiger partial charge in [0.1, 0.15) is 17.3 Å². The molecule has 0 atom stereocenters. The molecule has 0 saturated carbocycles. The normalized spacial score (nSPS) is 10.3. The lowest BCUT2D eigenvalue weighted by atomic mass is 10.1. The SMILES string of the molecule is COc1cc(Nc2cccc(C(=O)NCCc3ccc(O)cc3)n2)cc(OC)c1OC. The van der Waals surface area contributed by atoms with Gasteiger partial charge in [-0.2, -0.15) is 0 Å². The predicted octanol–water partition coefficient (Wildman–Crippen LogP) is 3.53. The molecule has 0 aliphatic carbocycles. The molecule has 2 aromatic carbocycles. The summed E-state index contributed by atoms with van der Waals surface area (Å²) >= 11 is 0. The summed E-state index contributed by atoms with van der Waals surface area (Å²) in [6.07, 6.45) is 0.648. The third kappa shape index (κ3) is 5.57. The number of ether oxygens (including phenoxy) is 3. The third-order valence-corrected chi connectivity index (χ3v) is 4.55. The Hall–Kier alpha value is -3.94. The van der Waals surface area contributed by atoms with Gasteiger partial charge >= 0.3 is 0 Å². The van der Waals surface area contributed by atoms with Crippen molar-refractivity contribution >= 4 is 17.4 Å². The van der Waals surface area contributed by atoms with Crippen LogP contribution in [0.2, 0.25) is 0 Å². The Kier molecular flexibility index (Phi) is 7.16. The molecule has 0 aliphatic heterocycles. The topological polar surface area (TPSA) is 102 Å². The highest BCUT2D eigenvalue weighted by atomic mass is 16.5. The number of aromatic hydroxyl groups is 1. The minimum absolute atomic E-state index is 0.216. The van der Waals surface area contributed by atoms with E-state index in [0.29, 0.717) is 47.4 Å². The lowest BCUT2D eigenvalue weighted by Gasteiger charge is -2.15. The molecule has 3 aromatic rings. The van der Waals surface area contributed by atoms with E-state index in [1.807, 2.05) is 12.1 Å². The van der Waals surface area contributed by atoms with Crippen molar-refractivity contribution in [2.24, 2.45) is 0 Å². The Bertz CT molecular complexity index is 1010. The van der Waals surface area contributed by atoms with Crippen LogP contribution < -0.4 is 24.8 Å². The number of aromatic nitrogens is 1. The molecule has 0 bridgehead atoms. The second-order valence-corrected chi connectivity index (χ2v) is 6.62. The van der Waals surface area contributed by atoms with Crippen molar-refractivity contribution < 1.29 is 24.1 Å². The molecular formula is C23H25N3O5. The van der Waals surface area contributed by atoms with Gasteiger partial charge < -0.3 is 30.0 Å². The summed E-state index contributed by atoms with van der Waals surface area (Å²) in [5.41, 5.74) is 1.99. The highest BCUT2D eigenvalue weighted by Gasteiger charge is 2.14. The number of carbonyl (C=O) groups excluding carboxylic acids is 1. The quantitative estimate of drug-likeness (QED) is 0.484. The van der Waals surface area contributed by atoms with Crippen LogP contribution in [0.5, 0.6) is 23.0 Å². The van der Waals surface area contributed by atoms with Crippen LogP contribution in [0.3, 0.4) is 0 Å². The maximum atomic E-state index is 12.5. The molecule has 0 unspecified atom stereocenters. The number of pyridine rings is 1. The zero-order valence-electron chi connectivity index (χ0n) is 17.6. The van der Waals surface area contributed by atoms with Crippen LogP contribution in [0.1, 0.15) is 16.1 Å². The molecule has 1 aromatic heterocycles. The predicted molar refractivity (Wildman–Crippen MR) is 118 cm³/mol. The van der Waals surface area contributed by atoms with Gasteiger partial charge in [-0.25, -0.2) is 4.98 Å². The first kappa shape index (κ1) is 21.8. The van der Waals surface area contributed by atoms with Crippen LogP contribution >= 0.6 is 0 Å². The minimum atomic E-state index is -0.271. The molecule has 8 heteroatoms. The van der Waals surface area contributed by atoms with Crippen molar-refractivity contribution in [1.82, 2.24) is 10.3 Å². The average molecular weight is 423 g/mol. The average Bonchev–Trinajstić information content (AvgIpc) is 2.79. The molecule has 0 saturated heterocycles. The fourth-order valence-corrected chi connectivity index (χ4v) is 3.01. The Morgan fingerprint density at radius 2 is 1.65 bits per heavy atom. The number of hydrogen-bond donors (Lipinski definition) is 3. The number of rotatable bonds is 9. The van der Waals surface area contributed by atoms with Gasteiger partial charge in [0.05, 0.1) is 21.3 Å². The summed E-state index contributed by atoms with van der Waals surface area (Å²) in [5, 5.41) is 15.3. The molecule has 8 nitrogen and oxygen atoms in total. The van der Waals surface area contributed by atoms with E-state index in [1.54, 1.807) is 63.8 Å². The zero-order valence-corrected chi connectivity index (χ0v) is 17.6. The maximum Gasteiger partial charge on any atom is 0.269 e. The fourth-order valence-electron chi connectivity index (χ4n) is 3.01. The van der Waals surface area contributed by atoms with Crippen molar-refractivity contribution in [3.05, 3.63) is 65.9 Å². The number of hydrogen-bond acceptors (Lipinski definition) is 7. The van der Waals surface area contributed by atoms with Gasteiger partial charge in [0.2, 0.25) is 5.75 Å². The van der Waals surface area contributed by atoms with Crippen molar-refractivity contribution in [3.8, 4) is 23.0 Å². The van der Waals surface area contributed by atoms with Crippen LogP contribution in [0.4, 0.5) is 11.5 Å². The van der Waals surface area contributed by atoms with Gasteiger partial charge in [0, 0.05) is 24.4 Å². The number of phenolic OH excluding ortho intramolecular Hbond substituents is 1. The van der Waals surface area contributed by atoms with Crippen LogP contribution in [-0.4, -0.2) is 43.9 Å². The standard InChI is InChI=1S/C23H25N3O5/c1-29-19-13-16(14-20(30-2)22(19)31-3)25-21-6-4-5-18(26-21)23(28)24-12-11-15-7-9-17(27)10-8-15/h4-10,13-14,27H,11-12H2,1-3H3,(H,24,28)(H,25,26). The molecule has 31 heavy (non-hydrogen) atoms. The summed E-state index contributed by atoms with van der Waals surface area (Å²) < 4.78 is 16.1. The molecule has 3 rings (SSSR count). The molecule has 0 spiro atoms. The first-order chi connectivity index (χ1) is 15.0. The second-order valence-electron chi connectivity index (χ2n) is 6.62. The van der Waals surface area contributed by atoms with Gasteiger partial charge in [-0.05, 0) is 36.2 Å². The number of nitrogens with one attached hydrogen (secondary N) is 2. The fraction of sp³-hybridized carbons (Fsp3) is 0.217. The van der Waals surface area contributed by atoms with E-state index in [-0.39, 0.29) is 11.7 Å². The highest BCUT2D eigenvalue weighted by Crippen LogP contribution is 2.40. The smallest absolute Gasteiger partial charge is 0.269 e. The Morgan fingerprint density at radius 3 is 2.26 bits per heavy atom. The Balaban J connectivity index is 1.67. The molecule has 162 valence electrons. The van der Waals surface area contributed by atoms with Gasteiger partial charge in [-0.15, -0.1) is 0 Å². The summed E-state index contributed by atoms with van der Waals surface area (Å²) in [6, 6.07) is 15.6. The van der Waals surface area contributed by atoms with Crippen LogP contribution in [-0.2, 0) is 6.42 Å². The number of phenols is 1. The molecule has 0 radical (unpaired) electrons. The first-order valence-electron chi connectivity index (χ1n) is 9.64. The van der Waals surface area contributed by atoms with E-state index in [0.717, 1.165) is 5.56 Å². The van der Waals surface area contributed by atoms with E-state index >= 15 is 0 Å². The summed E-state index contributed by atoms with van der Waals surface area (Å²) in [6.45, 7) is 0.454. The molecule has 0 fully saturated rings. The van der Waals surface area contributed by atoms with E-state index in [1.165, 1.54) is 0 Å². The number of methoxy groups -OCH3 is 3. The molecule has 1 amide bonds. The zero-order chi connectivity index (χ0) is 22.2. The van der Waals surface area contributed by atoms with Crippen LogP contribution in [0.15, 0.2) is 54.6 Å². The summed E-state index contributed by atoms with van der Waals surface area (Å²) in [4.78, 5) is 16.9. The van der Waals surface area contributed by atoms with Crippen molar-refractivity contribution in [2.45, 2.75) is 6.42 Å². The van der Waals surface area contributed by atoms with E-state index in [2.05, 4.69) is 15.6 Å². The molecular weight excluding hydrogens is 398 g/mol. The summed E-state index contributed by atoms with van der Waals surface area (Å²) in [7, 11) is 4.63. The molecule has 1 heterocycles. The first-order valence-corrected chi connectivity index (χ1v) is 9.64. The van der Waals surface area contributed by atoms with E-state index < -0.39 is 0 Å². The second kappa shape index (κ2) is 10.2. The van der Waals surface area contributed by atoms with Gasteiger partial charge in [-0.3, -0.25) is 4.79 Å². The Labute approximate surface area is 180 Å². The lowest BCUT2D eigenvalue weighted by Crippen LogP contribution is -2.26. The molecule has 3 N–H and O–H groups in total. The number of amides is 1. The van der Waals surface area contributed by atoms with Crippen LogP contribution in [0.25, 0.3) is 0 Å². The number of benzene rings is 2.